The molecule has 20 heavy (non-hydrogen) atoms. The van der Waals surface area contributed by atoms with E-state index in [1.54, 1.807) is 0 Å². The molecule has 0 bridgehead atoms. The van der Waals surface area contributed by atoms with Crippen LogP contribution in [0.2, 0.25) is 0 Å². The Morgan fingerprint density at radius 3 is 1.55 bits per heavy atom. The zero-order valence-electron chi connectivity index (χ0n) is 11.2. The molecular formula is C14H16IO4P. The zero-order chi connectivity index (χ0) is 14.4. The average Bonchev–Trinajstić information content (AvgIpc) is 2.54. The van der Waals surface area contributed by atoms with Crippen LogP contribution < -0.4 is 0 Å². The summed E-state index contributed by atoms with van der Waals surface area (Å²) in [6.07, 6.45) is 0. The van der Waals surface area contributed by atoms with Crippen LogP contribution in [0, 0.1) is 7.14 Å². The summed E-state index contributed by atoms with van der Waals surface area (Å²) in [5.74, 6) is 0. The molecule has 2 aromatic rings. The number of benzene rings is 2. The summed E-state index contributed by atoms with van der Waals surface area (Å²) in [6.45, 7) is 0. The Morgan fingerprint density at radius 2 is 1.20 bits per heavy atom. The van der Waals surface area contributed by atoms with Gasteiger partial charge in [-0.15, -0.1) is 0 Å². The number of hydrogen-bond acceptors (Lipinski definition) is 4. The Bertz CT molecular complexity index is 529. The minimum absolute atomic E-state index is 1.04. The quantitative estimate of drug-likeness (QED) is 0.521. The van der Waals surface area contributed by atoms with Crippen molar-refractivity contribution in [3.05, 3.63) is 67.8 Å². The third-order valence-corrected chi connectivity index (χ3v) is 9.99. The maximum atomic E-state index is 12.3. The molecule has 0 aliphatic carbocycles. The third kappa shape index (κ3) is 3.90. The fraction of sp³-hybridized carbons (Fsp3) is 0.143. The van der Waals surface area contributed by atoms with Gasteiger partial charge in [0.2, 0.25) is 0 Å². The summed E-state index contributed by atoms with van der Waals surface area (Å²) in [4.78, 5) is 0. The topological polar surface area (TPSA) is 44.8 Å². The van der Waals surface area contributed by atoms with Gasteiger partial charge in [0.1, 0.15) is 0 Å². The first-order chi connectivity index (χ1) is 9.68. The van der Waals surface area contributed by atoms with E-state index in [0.717, 1.165) is 7.14 Å². The van der Waals surface area contributed by atoms with E-state index < -0.39 is 28.1 Å². The second kappa shape index (κ2) is 7.33. The number of phosphoric acid groups is 1. The van der Waals surface area contributed by atoms with Gasteiger partial charge in [-0.3, -0.25) is 0 Å². The molecule has 0 aromatic heterocycles. The second-order valence-corrected chi connectivity index (χ2v) is 10.6. The summed E-state index contributed by atoms with van der Waals surface area (Å²) in [5, 5.41) is 0. The Balaban J connectivity index is 2.38. The van der Waals surface area contributed by atoms with E-state index in [9.17, 15) is 4.57 Å². The van der Waals surface area contributed by atoms with Gasteiger partial charge >= 0.3 is 127 Å². The van der Waals surface area contributed by atoms with Crippen molar-refractivity contribution in [2.45, 2.75) is 0 Å². The number of halogens is 1. The Labute approximate surface area is 126 Å². The zero-order valence-corrected chi connectivity index (χ0v) is 14.3. The van der Waals surface area contributed by atoms with Crippen molar-refractivity contribution < 1.29 is 16.5 Å². The molecule has 0 heterocycles. The van der Waals surface area contributed by atoms with Crippen LogP contribution in [0.15, 0.2) is 60.7 Å². The maximum absolute atomic E-state index is 12.3. The van der Waals surface area contributed by atoms with E-state index in [1.807, 2.05) is 60.7 Å². The van der Waals surface area contributed by atoms with Crippen LogP contribution in [0.1, 0.15) is 0 Å². The predicted molar refractivity (Wildman–Crippen MR) is 87.0 cm³/mol. The molecule has 108 valence electrons. The molecule has 0 saturated heterocycles. The Kier molecular flexibility index (Phi) is 5.74. The number of phosphoric ester groups is 1. The fourth-order valence-electron chi connectivity index (χ4n) is 1.48. The predicted octanol–water partition coefficient (Wildman–Crippen LogP) is 4.56. The molecule has 2 rings (SSSR count). The first-order valence-electron chi connectivity index (χ1n) is 5.90. The number of rotatable bonds is 6. The molecule has 0 unspecified atom stereocenters. The van der Waals surface area contributed by atoms with E-state index in [0.29, 0.717) is 0 Å². The van der Waals surface area contributed by atoms with Crippen molar-refractivity contribution in [2.75, 3.05) is 14.2 Å². The van der Waals surface area contributed by atoms with E-state index in [2.05, 4.69) is 0 Å². The van der Waals surface area contributed by atoms with Crippen LogP contribution in [0.3, 0.4) is 0 Å². The second-order valence-electron chi connectivity index (χ2n) is 3.72. The summed E-state index contributed by atoms with van der Waals surface area (Å²) in [5.41, 5.74) is 0. The van der Waals surface area contributed by atoms with E-state index in [-0.39, 0.29) is 0 Å². The van der Waals surface area contributed by atoms with Gasteiger partial charge in [-0.05, 0) is 0 Å². The molecule has 0 amide bonds. The van der Waals surface area contributed by atoms with Crippen molar-refractivity contribution >= 4 is 28.1 Å². The SMILES string of the molecule is COP(=O)(OC)OI(c1ccccc1)c1ccccc1. The minimum atomic E-state index is -3.50. The van der Waals surface area contributed by atoms with Crippen LogP contribution in [0.4, 0.5) is 0 Å². The van der Waals surface area contributed by atoms with Crippen molar-refractivity contribution in [2.24, 2.45) is 0 Å². The first-order valence-corrected chi connectivity index (χ1v) is 10.4. The van der Waals surface area contributed by atoms with Gasteiger partial charge in [-0.25, -0.2) is 0 Å². The third-order valence-electron chi connectivity index (χ3n) is 2.46. The summed E-state index contributed by atoms with van der Waals surface area (Å²) in [6, 6.07) is 19.6. The molecule has 0 N–H and O–H groups in total. The van der Waals surface area contributed by atoms with Crippen molar-refractivity contribution in [1.29, 1.82) is 0 Å². The van der Waals surface area contributed by atoms with Crippen LogP contribution in [0.5, 0.6) is 0 Å². The first kappa shape index (κ1) is 15.7. The van der Waals surface area contributed by atoms with Gasteiger partial charge in [0, 0.05) is 0 Å². The summed E-state index contributed by atoms with van der Waals surface area (Å²) >= 11 is -2.33. The Hall–Kier alpha value is -0.720. The average molecular weight is 406 g/mol. The molecule has 0 fully saturated rings. The monoisotopic (exact) mass is 406 g/mol. The van der Waals surface area contributed by atoms with Crippen molar-refractivity contribution in [1.82, 2.24) is 0 Å². The molecule has 0 aliphatic rings. The van der Waals surface area contributed by atoms with E-state index >= 15 is 0 Å². The van der Waals surface area contributed by atoms with Crippen LogP contribution in [0.25, 0.3) is 0 Å². The summed E-state index contributed by atoms with van der Waals surface area (Å²) < 4.78 is 30.0. The van der Waals surface area contributed by atoms with E-state index in [1.165, 1.54) is 14.2 Å². The molecule has 0 aliphatic heterocycles. The van der Waals surface area contributed by atoms with Crippen LogP contribution in [-0.4, -0.2) is 14.2 Å². The summed E-state index contributed by atoms with van der Waals surface area (Å²) in [7, 11) is -0.843. The number of hydrogen-bond donors (Lipinski definition) is 0. The van der Waals surface area contributed by atoms with Gasteiger partial charge < -0.3 is 0 Å². The van der Waals surface area contributed by atoms with Crippen LogP contribution in [-0.2, 0) is 16.5 Å². The normalized spacial score (nSPS) is 12.2. The molecule has 6 heteroatoms. The van der Waals surface area contributed by atoms with Gasteiger partial charge in [-0.1, -0.05) is 0 Å². The van der Waals surface area contributed by atoms with Gasteiger partial charge in [0.25, 0.3) is 0 Å². The molecule has 0 saturated carbocycles. The molecule has 0 radical (unpaired) electrons. The van der Waals surface area contributed by atoms with Crippen molar-refractivity contribution in [3.8, 4) is 0 Å². The standard InChI is InChI=1S/C14H16IO4P/c1-17-20(16,18-2)19-15(13-9-5-3-6-10-13)14-11-7-4-8-12-14/h3-12H,1-2H3. The Morgan fingerprint density at radius 1 is 0.800 bits per heavy atom. The molecule has 0 spiro atoms. The molecular weight excluding hydrogens is 390 g/mol. The fourth-order valence-corrected chi connectivity index (χ4v) is 8.70. The van der Waals surface area contributed by atoms with Crippen LogP contribution >= 0.6 is 28.1 Å². The van der Waals surface area contributed by atoms with Crippen molar-refractivity contribution in [3.63, 3.8) is 0 Å². The molecule has 0 atom stereocenters. The van der Waals surface area contributed by atoms with Gasteiger partial charge in [0.05, 0.1) is 0 Å². The molecule has 4 nitrogen and oxygen atoms in total. The van der Waals surface area contributed by atoms with E-state index in [4.69, 9.17) is 11.9 Å². The molecule has 2 aromatic carbocycles. The van der Waals surface area contributed by atoms with Gasteiger partial charge in [-0.2, -0.15) is 0 Å². The van der Waals surface area contributed by atoms with Gasteiger partial charge in [0.15, 0.2) is 0 Å².